The van der Waals surface area contributed by atoms with Crippen LogP contribution in [0.1, 0.15) is 6.92 Å². The summed E-state index contributed by atoms with van der Waals surface area (Å²) in [6.07, 6.45) is 0. The van der Waals surface area contributed by atoms with Crippen LogP contribution in [0.4, 0.5) is 4.79 Å². The van der Waals surface area contributed by atoms with Crippen LogP contribution in [0, 0.1) is 0 Å². The molecule has 1 aliphatic rings. The van der Waals surface area contributed by atoms with Gasteiger partial charge in [-0.25, -0.2) is 4.79 Å². The van der Waals surface area contributed by atoms with E-state index in [0.29, 0.717) is 18.2 Å². The Morgan fingerprint density at radius 1 is 1.91 bits per heavy atom. The van der Waals surface area contributed by atoms with Crippen LogP contribution in [-0.4, -0.2) is 35.7 Å². The van der Waals surface area contributed by atoms with Crippen molar-refractivity contribution in [2.75, 3.05) is 19.6 Å². The Morgan fingerprint density at radius 3 is 3.09 bits per heavy atom. The molecule has 0 aliphatic carbocycles. The van der Waals surface area contributed by atoms with E-state index in [-0.39, 0.29) is 6.03 Å². The third-order valence-electron chi connectivity index (χ3n) is 1.43. The van der Waals surface area contributed by atoms with Gasteiger partial charge in [-0.1, -0.05) is 0 Å². The van der Waals surface area contributed by atoms with Crippen LogP contribution in [0.2, 0.25) is 0 Å². The molecule has 1 heterocycles. The molecule has 1 fully saturated rings. The number of amides is 2. The summed E-state index contributed by atoms with van der Waals surface area (Å²) >= 11 is 4.94. The predicted molar refractivity (Wildman–Crippen MR) is 46.4 cm³/mol. The molecule has 0 aromatic carbocycles. The zero-order valence-corrected chi connectivity index (χ0v) is 7.20. The summed E-state index contributed by atoms with van der Waals surface area (Å²) in [5.74, 6) is 0. The molecular weight excluding hydrogens is 162 g/mol. The van der Waals surface area contributed by atoms with Gasteiger partial charge in [0.2, 0.25) is 0 Å². The van der Waals surface area contributed by atoms with E-state index >= 15 is 0 Å². The van der Waals surface area contributed by atoms with Crippen molar-refractivity contribution in [2.24, 2.45) is 0 Å². The van der Waals surface area contributed by atoms with Gasteiger partial charge in [0.15, 0.2) is 5.11 Å². The maximum atomic E-state index is 11.0. The normalized spacial score (nSPS) is 16.5. The van der Waals surface area contributed by atoms with E-state index in [2.05, 4.69) is 10.6 Å². The van der Waals surface area contributed by atoms with Crippen LogP contribution in [0.5, 0.6) is 0 Å². The second-order valence-corrected chi connectivity index (χ2v) is 2.61. The molecule has 62 valence electrons. The van der Waals surface area contributed by atoms with Crippen LogP contribution >= 0.6 is 12.2 Å². The molecule has 0 atom stereocenters. The van der Waals surface area contributed by atoms with Crippen LogP contribution < -0.4 is 10.6 Å². The molecule has 11 heavy (non-hydrogen) atoms. The SMILES string of the molecule is CCNC(=S)N1CCNC1=O. The monoisotopic (exact) mass is 173 g/mol. The lowest BCUT2D eigenvalue weighted by Gasteiger charge is -2.15. The average Bonchev–Trinajstić information content (AvgIpc) is 2.36. The van der Waals surface area contributed by atoms with Gasteiger partial charge in [0, 0.05) is 19.6 Å². The highest BCUT2D eigenvalue weighted by molar-refractivity contribution is 7.80. The first-order chi connectivity index (χ1) is 5.25. The van der Waals surface area contributed by atoms with Gasteiger partial charge in [0.1, 0.15) is 0 Å². The molecule has 0 saturated carbocycles. The van der Waals surface area contributed by atoms with E-state index in [1.165, 1.54) is 4.90 Å². The van der Waals surface area contributed by atoms with Crippen LogP contribution in [0.15, 0.2) is 0 Å². The van der Waals surface area contributed by atoms with E-state index in [4.69, 9.17) is 12.2 Å². The molecule has 4 nitrogen and oxygen atoms in total. The van der Waals surface area contributed by atoms with Crippen molar-refractivity contribution < 1.29 is 4.79 Å². The Morgan fingerprint density at radius 2 is 2.64 bits per heavy atom. The Balaban J connectivity index is 2.46. The quantitative estimate of drug-likeness (QED) is 0.544. The first kappa shape index (κ1) is 8.26. The lowest BCUT2D eigenvalue weighted by Crippen LogP contribution is -2.41. The fourth-order valence-corrected chi connectivity index (χ4v) is 1.23. The Labute approximate surface area is 70.9 Å². The van der Waals surface area contributed by atoms with E-state index in [1.807, 2.05) is 6.92 Å². The molecule has 2 amide bonds. The maximum Gasteiger partial charge on any atom is 0.323 e. The van der Waals surface area contributed by atoms with Crippen molar-refractivity contribution in [2.45, 2.75) is 6.92 Å². The summed E-state index contributed by atoms with van der Waals surface area (Å²) in [6.45, 7) is 4.05. The molecule has 1 rings (SSSR count). The zero-order valence-electron chi connectivity index (χ0n) is 6.39. The minimum atomic E-state index is -0.101. The minimum absolute atomic E-state index is 0.101. The minimum Gasteiger partial charge on any atom is -0.362 e. The highest BCUT2D eigenvalue weighted by atomic mass is 32.1. The molecule has 0 radical (unpaired) electrons. The number of nitrogens with zero attached hydrogens (tertiary/aromatic N) is 1. The number of thiocarbonyl (C=S) groups is 1. The molecule has 1 aliphatic heterocycles. The Hall–Kier alpha value is -0.840. The van der Waals surface area contributed by atoms with Gasteiger partial charge >= 0.3 is 6.03 Å². The van der Waals surface area contributed by atoms with Gasteiger partial charge in [-0.05, 0) is 19.1 Å². The smallest absolute Gasteiger partial charge is 0.323 e. The molecule has 0 aromatic heterocycles. The molecule has 1 saturated heterocycles. The summed E-state index contributed by atoms with van der Waals surface area (Å²) in [5.41, 5.74) is 0. The lowest BCUT2D eigenvalue weighted by molar-refractivity contribution is 0.234. The number of rotatable bonds is 1. The average molecular weight is 173 g/mol. The molecule has 0 aromatic rings. The molecular formula is C6H11N3OS. The number of carbonyl (C=O) groups is 1. The summed E-state index contributed by atoms with van der Waals surface area (Å²) < 4.78 is 0. The van der Waals surface area contributed by atoms with Gasteiger partial charge in [-0.15, -0.1) is 0 Å². The summed E-state index contributed by atoms with van der Waals surface area (Å²) in [6, 6.07) is -0.101. The molecule has 0 spiro atoms. The van der Waals surface area contributed by atoms with E-state index < -0.39 is 0 Å². The third-order valence-corrected chi connectivity index (χ3v) is 1.79. The standard InChI is InChI=1S/C6H11N3OS/c1-2-7-6(11)9-4-3-8-5(9)10/h2-4H2,1H3,(H,7,11)(H,8,10). The van der Waals surface area contributed by atoms with Crippen molar-refractivity contribution >= 4 is 23.4 Å². The van der Waals surface area contributed by atoms with Crippen LogP contribution in [0.25, 0.3) is 0 Å². The van der Waals surface area contributed by atoms with Crippen molar-refractivity contribution in [1.82, 2.24) is 15.5 Å². The number of hydrogen-bond donors (Lipinski definition) is 2. The number of urea groups is 1. The van der Waals surface area contributed by atoms with Crippen molar-refractivity contribution in [3.63, 3.8) is 0 Å². The van der Waals surface area contributed by atoms with E-state index in [0.717, 1.165) is 6.54 Å². The Bertz CT molecular complexity index is 183. The largest absolute Gasteiger partial charge is 0.362 e. The highest BCUT2D eigenvalue weighted by Crippen LogP contribution is 1.96. The fourth-order valence-electron chi connectivity index (χ4n) is 0.912. The first-order valence-corrected chi connectivity index (χ1v) is 3.99. The zero-order chi connectivity index (χ0) is 8.27. The second kappa shape index (κ2) is 3.52. The van der Waals surface area contributed by atoms with E-state index in [9.17, 15) is 4.79 Å². The molecule has 2 N–H and O–H groups in total. The summed E-state index contributed by atoms with van der Waals surface area (Å²) in [7, 11) is 0. The number of nitrogens with one attached hydrogen (secondary N) is 2. The van der Waals surface area contributed by atoms with Gasteiger partial charge in [-0.2, -0.15) is 0 Å². The van der Waals surface area contributed by atoms with Gasteiger partial charge < -0.3 is 10.6 Å². The second-order valence-electron chi connectivity index (χ2n) is 2.22. The molecule has 0 bridgehead atoms. The number of hydrogen-bond acceptors (Lipinski definition) is 2. The molecule has 5 heteroatoms. The highest BCUT2D eigenvalue weighted by Gasteiger charge is 2.22. The fraction of sp³-hybridized carbons (Fsp3) is 0.667. The summed E-state index contributed by atoms with van der Waals surface area (Å²) in [4.78, 5) is 12.5. The maximum absolute atomic E-state index is 11.0. The third kappa shape index (κ3) is 1.80. The van der Waals surface area contributed by atoms with E-state index in [1.54, 1.807) is 0 Å². The van der Waals surface area contributed by atoms with Crippen molar-refractivity contribution in [1.29, 1.82) is 0 Å². The van der Waals surface area contributed by atoms with Gasteiger partial charge in [0.05, 0.1) is 0 Å². The van der Waals surface area contributed by atoms with Crippen molar-refractivity contribution in [3.05, 3.63) is 0 Å². The predicted octanol–water partition coefficient (Wildman–Crippen LogP) is -0.0940. The molecule has 0 unspecified atom stereocenters. The topological polar surface area (TPSA) is 44.4 Å². The van der Waals surface area contributed by atoms with Crippen molar-refractivity contribution in [3.8, 4) is 0 Å². The summed E-state index contributed by atoms with van der Waals surface area (Å²) in [5, 5.41) is 6.10. The van der Waals surface area contributed by atoms with Gasteiger partial charge in [-0.3, -0.25) is 4.90 Å². The first-order valence-electron chi connectivity index (χ1n) is 3.59. The lowest BCUT2D eigenvalue weighted by atomic mass is 10.6. The van der Waals surface area contributed by atoms with Crippen LogP contribution in [0.3, 0.4) is 0 Å². The number of carbonyl (C=O) groups excluding carboxylic acids is 1. The van der Waals surface area contributed by atoms with Gasteiger partial charge in [0.25, 0.3) is 0 Å². The Kier molecular flexibility index (Phi) is 2.64. The van der Waals surface area contributed by atoms with Crippen LogP contribution in [-0.2, 0) is 0 Å².